The Bertz CT molecular complexity index is 840. The van der Waals surface area contributed by atoms with E-state index in [2.05, 4.69) is 86.0 Å². The van der Waals surface area contributed by atoms with E-state index < -0.39 is 0 Å². The van der Waals surface area contributed by atoms with E-state index in [9.17, 15) is 0 Å². The van der Waals surface area contributed by atoms with Crippen LogP contribution in [-0.2, 0) is 17.8 Å². The van der Waals surface area contributed by atoms with Gasteiger partial charge < -0.3 is 4.74 Å². The first-order valence-corrected chi connectivity index (χ1v) is 8.88. The minimum absolute atomic E-state index is 0.581. The predicted octanol–water partition coefficient (Wildman–Crippen LogP) is 6.45. The molecule has 0 atom stereocenters. The summed E-state index contributed by atoms with van der Waals surface area (Å²) in [4.78, 5) is 0. The molecule has 0 aliphatic carbocycles. The summed E-state index contributed by atoms with van der Waals surface area (Å²) in [5, 5.41) is 0. The van der Waals surface area contributed by atoms with Crippen LogP contribution in [0.1, 0.15) is 11.1 Å². The van der Waals surface area contributed by atoms with E-state index in [0.717, 1.165) is 6.42 Å². The molecule has 0 radical (unpaired) electrons. The van der Waals surface area contributed by atoms with E-state index in [1.54, 1.807) is 6.08 Å². The zero-order valence-electron chi connectivity index (χ0n) is 15.0. The second kappa shape index (κ2) is 8.98. The van der Waals surface area contributed by atoms with Crippen molar-refractivity contribution < 1.29 is 4.74 Å². The molecule has 0 unspecified atom stereocenters. The first kappa shape index (κ1) is 17.9. The Kier molecular flexibility index (Phi) is 6.19. The number of hydrogen-bond donors (Lipinski definition) is 0. The maximum absolute atomic E-state index is 5.48. The van der Waals surface area contributed by atoms with Crippen LogP contribution in [-0.4, -0.2) is 6.61 Å². The smallest absolute Gasteiger partial charge is 0.0721 e. The molecular formula is C25H24O. The van der Waals surface area contributed by atoms with Crippen molar-refractivity contribution in [3.05, 3.63) is 109 Å². The van der Waals surface area contributed by atoms with Crippen molar-refractivity contribution in [1.82, 2.24) is 0 Å². The van der Waals surface area contributed by atoms with E-state index in [1.165, 1.54) is 33.4 Å². The summed E-state index contributed by atoms with van der Waals surface area (Å²) in [6.45, 7) is 8.65. The highest BCUT2D eigenvalue weighted by molar-refractivity contribution is 5.70. The molecule has 0 saturated carbocycles. The van der Waals surface area contributed by atoms with Gasteiger partial charge in [-0.2, -0.15) is 0 Å². The standard InChI is InChI=1S/C25H24O/c1-3-5-20-6-10-22(11-7-20)24-14-16-25(17-15-24)23-12-8-21(9-13-23)19-26-18-4-2/h3-4,6-17H,1-2,5,18-19H2. The average molecular weight is 340 g/mol. The van der Waals surface area contributed by atoms with Crippen LogP contribution in [0, 0.1) is 0 Å². The Labute approximate surface area is 156 Å². The number of allylic oxidation sites excluding steroid dienone is 1. The molecule has 1 nitrogen and oxygen atoms in total. The Hall–Kier alpha value is -2.90. The highest BCUT2D eigenvalue weighted by Gasteiger charge is 2.01. The first-order valence-electron chi connectivity index (χ1n) is 8.88. The zero-order valence-corrected chi connectivity index (χ0v) is 15.0. The van der Waals surface area contributed by atoms with Crippen LogP contribution in [0.2, 0.25) is 0 Å². The van der Waals surface area contributed by atoms with E-state index in [-0.39, 0.29) is 0 Å². The Balaban J connectivity index is 1.70. The molecule has 26 heavy (non-hydrogen) atoms. The summed E-state index contributed by atoms with van der Waals surface area (Å²) in [5.41, 5.74) is 7.36. The van der Waals surface area contributed by atoms with Gasteiger partial charge in [0.05, 0.1) is 13.2 Å². The minimum atomic E-state index is 0.581. The fourth-order valence-electron chi connectivity index (χ4n) is 2.91. The van der Waals surface area contributed by atoms with Crippen LogP contribution in [0.15, 0.2) is 98.1 Å². The van der Waals surface area contributed by atoms with Gasteiger partial charge in [-0.3, -0.25) is 0 Å². The molecule has 0 fully saturated rings. The highest BCUT2D eigenvalue weighted by atomic mass is 16.5. The van der Waals surface area contributed by atoms with Gasteiger partial charge in [-0.1, -0.05) is 84.9 Å². The average Bonchev–Trinajstić information content (AvgIpc) is 2.70. The molecule has 0 aliphatic rings. The van der Waals surface area contributed by atoms with Crippen LogP contribution >= 0.6 is 0 Å². The van der Waals surface area contributed by atoms with Gasteiger partial charge in [0.15, 0.2) is 0 Å². The number of hydrogen-bond acceptors (Lipinski definition) is 1. The maximum atomic E-state index is 5.48. The molecule has 0 spiro atoms. The molecule has 3 aromatic carbocycles. The van der Waals surface area contributed by atoms with Crippen LogP contribution in [0.3, 0.4) is 0 Å². The second-order valence-electron chi connectivity index (χ2n) is 6.27. The molecular weight excluding hydrogens is 316 g/mol. The quantitative estimate of drug-likeness (QED) is 0.338. The second-order valence-corrected chi connectivity index (χ2v) is 6.27. The minimum Gasteiger partial charge on any atom is -0.373 e. The van der Waals surface area contributed by atoms with E-state index >= 15 is 0 Å². The van der Waals surface area contributed by atoms with Crippen molar-refractivity contribution in [3.8, 4) is 22.3 Å². The summed E-state index contributed by atoms with van der Waals surface area (Å²) in [6.07, 6.45) is 4.61. The van der Waals surface area contributed by atoms with E-state index in [1.807, 2.05) is 6.08 Å². The summed E-state index contributed by atoms with van der Waals surface area (Å²) in [7, 11) is 0. The van der Waals surface area contributed by atoms with Crippen molar-refractivity contribution in [2.45, 2.75) is 13.0 Å². The topological polar surface area (TPSA) is 9.23 Å². The fourth-order valence-corrected chi connectivity index (χ4v) is 2.91. The van der Waals surface area contributed by atoms with Gasteiger partial charge in [-0.05, 0) is 39.8 Å². The van der Waals surface area contributed by atoms with Crippen LogP contribution in [0.4, 0.5) is 0 Å². The number of ether oxygens (including phenoxy) is 1. The lowest BCUT2D eigenvalue weighted by atomic mass is 9.99. The molecule has 0 saturated heterocycles. The lowest BCUT2D eigenvalue weighted by Crippen LogP contribution is -1.92. The van der Waals surface area contributed by atoms with Gasteiger partial charge in [0, 0.05) is 0 Å². The zero-order chi connectivity index (χ0) is 18.2. The van der Waals surface area contributed by atoms with E-state index in [0.29, 0.717) is 13.2 Å². The predicted molar refractivity (Wildman–Crippen MR) is 111 cm³/mol. The SMILES string of the molecule is C=CCOCc1ccc(-c2ccc(-c3ccc(CC=C)cc3)cc2)cc1. The molecule has 0 N–H and O–H groups in total. The number of benzene rings is 3. The number of rotatable bonds is 8. The van der Waals surface area contributed by atoms with Crippen molar-refractivity contribution >= 4 is 0 Å². The fraction of sp³-hybridized carbons (Fsp3) is 0.120. The van der Waals surface area contributed by atoms with Crippen LogP contribution < -0.4 is 0 Å². The van der Waals surface area contributed by atoms with E-state index in [4.69, 9.17) is 4.74 Å². The lowest BCUT2D eigenvalue weighted by molar-refractivity contribution is 0.149. The summed E-state index contributed by atoms with van der Waals surface area (Å²) < 4.78 is 5.48. The maximum Gasteiger partial charge on any atom is 0.0721 e. The van der Waals surface area contributed by atoms with Crippen LogP contribution in [0.5, 0.6) is 0 Å². The molecule has 130 valence electrons. The third kappa shape index (κ3) is 4.59. The van der Waals surface area contributed by atoms with Gasteiger partial charge in [0.2, 0.25) is 0 Å². The summed E-state index contributed by atoms with van der Waals surface area (Å²) in [6, 6.07) is 25.9. The monoisotopic (exact) mass is 340 g/mol. The van der Waals surface area contributed by atoms with Crippen molar-refractivity contribution in [2.24, 2.45) is 0 Å². The molecule has 0 heterocycles. The highest BCUT2D eigenvalue weighted by Crippen LogP contribution is 2.25. The molecule has 0 aromatic heterocycles. The van der Waals surface area contributed by atoms with Gasteiger partial charge >= 0.3 is 0 Å². The Morgan fingerprint density at radius 3 is 1.42 bits per heavy atom. The molecule has 1 heteroatoms. The summed E-state index contributed by atoms with van der Waals surface area (Å²) in [5.74, 6) is 0. The van der Waals surface area contributed by atoms with Gasteiger partial charge in [-0.15, -0.1) is 13.2 Å². The first-order chi connectivity index (χ1) is 12.8. The third-order valence-corrected chi connectivity index (χ3v) is 4.34. The lowest BCUT2D eigenvalue weighted by Gasteiger charge is -2.07. The van der Waals surface area contributed by atoms with Crippen LogP contribution in [0.25, 0.3) is 22.3 Å². The molecule has 0 aliphatic heterocycles. The summed E-state index contributed by atoms with van der Waals surface area (Å²) >= 11 is 0. The Morgan fingerprint density at radius 1 is 0.577 bits per heavy atom. The molecule has 3 rings (SSSR count). The van der Waals surface area contributed by atoms with Gasteiger partial charge in [0.1, 0.15) is 0 Å². The molecule has 0 bridgehead atoms. The molecule has 0 amide bonds. The van der Waals surface area contributed by atoms with Gasteiger partial charge in [0.25, 0.3) is 0 Å². The normalized spacial score (nSPS) is 10.5. The largest absolute Gasteiger partial charge is 0.373 e. The van der Waals surface area contributed by atoms with Crippen molar-refractivity contribution in [1.29, 1.82) is 0 Å². The third-order valence-electron chi connectivity index (χ3n) is 4.34. The Morgan fingerprint density at radius 2 is 1.00 bits per heavy atom. The van der Waals surface area contributed by atoms with Gasteiger partial charge in [-0.25, -0.2) is 0 Å². The van der Waals surface area contributed by atoms with Crippen molar-refractivity contribution in [2.75, 3.05) is 6.61 Å². The molecule has 3 aromatic rings. The van der Waals surface area contributed by atoms with Crippen molar-refractivity contribution in [3.63, 3.8) is 0 Å².